The minimum atomic E-state index is 0.518. The van der Waals surface area contributed by atoms with E-state index in [-0.39, 0.29) is 0 Å². The van der Waals surface area contributed by atoms with E-state index in [9.17, 15) is 0 Å². The SMILES string of the molecule is NCc1c[nH]c2cccc(Cl)c12. The minimum Gasteiger partial charge on any atom is -0.361 e. The molecular formula is C9H9ClN2. The van der Waals surface area contributed by atoms with Crippen molar-refractivity contribution >= 4 is 22.5 Å². The molecule has 0 unspecified atom stereocenters. The summed E-state index contributed by atoms with van der Waals surface area (Å²) in [5.74, 6) is 0. The van der Waals surface area contributed by atoms with Crippen molar-refractivity contribution in [2.45, 2.75) is 6.54 Å². The highest BCUT2D eigenvalue weighted by Crippen LogP contribution is 2.25. The van der Waals surface area contributed by atoms with E-state index < -0.39 is 0 Å². The smallest absolute Gasteiger partial charge is 0.0503 e. The largest absolute Gasteiger partial charge is 0.361 e. The van der Waals surface area contributed by atoms with Gasteiger partial charge in [-0.05, 0) is 17.7 Å². The highest BCUT2D eigenvalue weighted by Gasteiger charge is 2.04. The molecule has 62 valence electrons. The third-order valence-corrected chi connectivity index (χ3v) is 2.27. The summed E-state index contributed by atoms with van der Waals surface area (Å²) in [5, 5.41) is 1.80. The molecule has 0 fully saturated rings. The number of fused-ring (bicyclic) bond motifs is 1. The summed E-state index contributed by atoms with van der Waals surface area (Å²) in [6.45, 7) is 0.518. The summed E-state index contributed by atoms with van der Waals surface area (Å²) in [6, 6.07) is 5.78. The maximum Gasteiger partial charge on any atom is 0.0503 e. The highest BCUT2D eigenvalue weighted by atomic mass is 35.5. The van der Waals surface area contributed by atoms with Crippen molar-refractivity contribution in [2.75, 3.05) is 0 Å². The van der Waals surface area contributed by atoms with Crippen molar-refractivity contribution in [1.29, 1.82) is 0 Å². The summed E-state index contributed by atoms with van der Waals surface area (Å²) in [4.78, 5) is 3.12. The number of aromatic amines is 1. The van der Waals surface area contributed by atoms with Gasteiger partial charge in [0.2, 0.25) is 0 Å². The maximum absolute atomic E-state index is 6.01. The fourth-order valence-corrected chi connectivity index (χ4v) is 1.66. The van der Waals surface area contributed by atoms with Crippen LogP contribution in [0.3, 0.4) is 0 Å². The van der Waals surface area contributed by atoms with Gasteiger partial charge in [-0.25, -0.2) is 0 Å². The minimum absolute atomic E-state index is 0.518. The molecule has 1 heterocycles. The summed E-state index contributed by atoms with van der Waals surface area (Å²) < 4.78 is 0. The van der Waals surface area contributed by atoms with Crippen LogP contribution in [0.2, 0.25) is 5.02 Å². The molecule has 0 aliphatic carbocycles. The molecule has 0 saturated carbocycles. The monoisotopic (exact) mass is 180 g/mol. The van der Waals surface area contributed by atoms with E-state index in [2.05, 4.69) is 4.98 Å². The highest BCUT2D eigenvalue weighted by molar-refractivity contribution is 6.35. The number of nitrogens with two attached hydrogens (primary N) is 1. The number of nitrogens with one attached hydrogen (secondary N) is 1. The lowest BCUT2D eigenvalue weighted by atomic mass is 10.2. The Morgan fingerprint density at radius 1 is 1.42 bits per heavy atom. The van der Waals surface area contributed by atoms with Gasteiger partial charge in [0.25, 0.3) is 0 Å². The number of benzene rings is 1. The van der Waals surface area contributed by atoms with E-state index >= 15 is 0 Å². The van der Waals surface area contributed by atoms with Crippen molar-refractivity contribution in [1.82, 2.24) is 4.98 Å². The van der Waals surface area contributed by atoms with Gasteiger partial charge in [0.1, 0.15) is 0 Å². The Morgan fingerprint density at radius 3 is 3.00 bits per heavy atom. The molecule has 12 heavy (non-hydrogen) atoms. The van der Waals surface area contributed by atoms with Gasteiger partial charge in [-0.15, -0.1) is 0 Å². The van der Waals surface area contributed by atoms with Crippen molar-refractivity contribution in [3.8, 4) is 0 Å². The lowest BCUT2D eigenvalue weighted by molar-refractivity contribution is 1.08. The fourth-order valence-electron chi connectivity index (χ4n) is 1.37. The van der Waals surface area contributed by atoms with Gasteiger partial charge in [0.05, 0.1) is 5.02 Å². The van der Waals surface area contributed by atoms with Crippen molar-refractivity contribution in [3.05, 3.63) is 35.0 Å². The zero-order valence-electron chi connectivity index (χ0n) is 6.47. The van der Waals surface area contributed by atoms with Gasteiger partial charge in [0.15, 0.2) is 0 Å². The summed E-state index contributed by atoms with van der Waals surface area (Å²) in [6.07, 6.45) is 1.90. The van der Waals surface area contributed by atoms with Crippen LogP contribution in [0.15, 0.2) is 24.4 Å². The first-order valence-corrected chi connectivity index (χ1v) is 4.15. The second-order valence-corrected chi connectivity index (χ2v) is 3.09. The Kier molecular flexibility index (Phi) is 1.79. The van der Waals surface area contributed by atoms with Crippen LogP contribution in [0.25, 0.3) is 10.9 Å². The van der Waals surface area contributed by atoms with Crippen LogP contribution < -0.4 is 5.73 Å². The standard InChI is InChI=1S/C9H9ClN2/c10-7-2-1-3-8-9(7)6(4-11)5-12-8/h1-3,5,12H,4,11H2. The zero-order valence-corrected chi connectivity index (χ0v) is 7.23. The Bertz CT molecular complexity index is 406. The second-order valence-electron chi connectivity index (χ2n) is 2.68. The third-order valence-electron chi connectivity index (χ3n) is 1.96. The third kappa shape index (κ3) is 1.00. The number of hydrogen-bond donors (Lipinski definition) is 2. The maximum atomic E-state index is 6.01. The first-order chi connectivity index (χ1) is 5.83. The Labute approximate surface area is 75.3 Å². The van der Waals surface area contributed by atoms with E-state index in [4.69, 9.17) is 17.3 Å². The average molecular weight is 181 g/mol. The molecule has 2 nitrogen and oxygen atoms in total. The molecule has 0 radical (unpaired) electrons. The zero-order chi connectivity index (χ0) is 8.55. The predicted octanol–water partition coefficient (Wildman–Crippen LogP) is 2.28. The molecule has 0 aliphatic heterocycles. The van der Waals surface area contributed by atoms with Gasteiger partial charge in [-0.3, -0.25) is 0 Å². The van der Waals surface area contributed by atoms with E-state index in [1.54, 1.807) is 0 Å². The van der Waals surface area contributed by atoms with Crippen molar-refractivity contribution in [3.63, 3.8) is 0 Å². The van der Waals surface area contributed by atoms with Gasteiger partial charge < -0.3 is 10.7 Å². The lowest BCUT2D eigenvalue weighted by Crippen LogP contribution is -1.94. The first kappa shape index (κ1) is 7.65. The molecule has 0 spiro atoms. The number of rotatable bonds is 1. The van der Waals surface area contributed by atoms with Crippen LogP contribution in [0.1, 0.15) is 5.56 Å². The quantitative estimate of drug-likeness (QED) is 0.695. The number of halogens is 1. The van der Waals surface area contributed by atoms with Crippen LogP contribution >= 0.6 is 11.6 Å². The molecule has 2 rings (SSSR count). The Hall–Kier alpha value is -0.990. The molecule has 0 atom stereocenters. The number of hydrogen-bond acceptors (Lipinski definition) is 1. The van der Waals surface area contributed by atoms with E-state index in [1.165, 1.54) is 0 Å². The topological polar surface area (TPSA) is 41.8 Å². The normalized spacial score (nSPS) is 10.8. The van der Waals surface area contributed by atoms with Crippen LogP contribution in [0.4, 0.5) is 0 Å². The fraction of sp³-hybridized carbons (Fsp3) is 0.111. The lowest BCUT2D eigenvalue weighted by Gasteiger charge is -1.95. The number of H-pyrrole nitrogens is 1. The Balaban J connectivity index is 2.83. The van der Waals surface area contributed by atoms with Crippen LogP contribution in [0, 0.1) is 0 Å². The average Bonchev–Trinajstić information content (AvgIpc) is 2.49. The van der Waals surface area contributed by atoms with Gasteiger partial charge in [0, 0.05) is 23.6 Å². The van der Waals surface area contributed by atoms with Gasteiger partial charge in [-0.2, -0.15) is 0 Å². The van der Waals surface area contributed by atoms with E-state index in [0.29, 0.717) is 6.54 Å². The molecule has 3 heteroatoms. The summed E-state index contributed by atoms with van der Waals surface area (Å²) >= 11 is 6.01. The molecule has 0 amide bonds. The Morgan fingerprint density at radius 2 is 2.25 bits per heavy atom. The van der Waals surface area contributed by atoms with Crippen LogP contribution in [-0.4, -0.2) is 4.98 Å². The molecular weight excluding hydrogens is 172 g/mol. The van der Waals surface area contributed by atoms with Crippen molar-refractivity contribution in [2.24, 2.45) is 5.73 Å². The molecule has 2 aromatic rings. The molecule has 0 aliphatic rings. The van der Waals surface area contributed by atoms with Gasteiger partial charge >= 0.3 is 0 Å². The summed E-state index contributed by atoms with van der Waals surface area (Å²) in [5.41, 5.74) is 7.66. The summed E-state index contributed by atoms with van der Waals surface area (Å²) in [7, 11) is 0. The first-order valence-electron chi connectivity index (χ1n) is 3.77. The molecule has 0 saturated heterocycles. The number of aromatic nitrogens is 1. The van der Waals surface area contributed by atoms with Gasteiger partial charge in [-0.1, -0.05) is 17.7 Å². The van der Waals surface area contributed by atoms with E-state index in [0.717, 1.165) is 21.5 Å². The van der Waals surface area contributed by atoms with E-state index in [1.807, 2.05) is 24.4 Å². The van der Waals surface area contributed by atoms with Crippen LogP contribution in [0.5, 0.6) is 0 Å². The second kappa shape index (κ2) is 2.81. The molecule has 1 aromatic heterocycles. The van der Waals surface area contributed by atoms with Crippen LogP contribution in [-0.2, 0) is 6.54 Å². The molecule has 0 bridgehead atoms. The predicted molar refractivity (Wildman–Crippen MR) is 51.2 cm³/mol. The molecule has 1 aromatic carbocycles. The molecule has 3 N–H and O–H groups in total. The van der Waals surface area contributed by atoms with Crippen molar-refractivity contribution < 1.29 is 0 Å².